The first-order chi connectivity index (χ1) is 9.85. The van der Waals surface area contributed by atoms with E-state index >= 15 is 0 Å². The van der Waals surface area contributed by atoms with Gasteiger partial charge in [0.1, 0.15) is 0 Å². The predicted molar refractivity (Wildman–Crippen MR) is 83.5 cm³/mol. The Hall–Kier alpha value is -1.11. The Labute approximate surface area is 126 Å². The van der Waals surface area contributed by atoms with Gasteiger partial charge in [-0.15, -0.1) is 0 Å². The number of aryl methyl sites for hydroxylation is 1. The van der Waals surface area contributed by atoms with Gasteiger partial charge in [-0.25, -0.2) is 13.1 Å². The van der Waals surface area contributed by atoms with Crippen molar-refractivity contribution < 1.29 is 13.5 Å². The van der Waals surface area contributed by atoms with Gasteiger partial charge in [-0.05, 0) is 55.9 Å². The Morgan fingerprint density at radius 3 is 2.57 bits per heavy atom. The zero-order chi connectivity index (χ0) is 15.6. The minimum absolute atomic E-state index is 0.00239. The van der Waals surface area contributed by atoms with Crippen molar-refractivity contribution in [1.82, 2.24) is 4.72 Å². The molecule has 1 aliphatic carbocycles. The highest BCUT2D eigenvalue weighted by Gasteiger charge is 2.29. The molecule has 1 aromatic carbocycles. The van der Waals surface area contributed by atoms with E-state index in [0.29, 0.717) is 5.69 Å². The van der Waals surface area contributed by atoms with Gasteiger partial charge in [0, 0.05) is 18.3 Å². The molecule has 21 heavy (non-hydrogen) atoms. The zero-order valence-corrected chi connectivity index (χ0v) is 13.4. The summed E-state index contributed by atoms with van der Waals surface area (Å²) in [4.78, 5) is 0.199. The minimum atomic E-state index is -3.61. The molecule has 1 fully saturated rings. The molecule has 4 N–H and O–H groups in total. The molecule has 0 spiro atoms. The Bertz CT molecular complexity index is 590. The fourth-order valence-electron chi connectivity index (χ4n) is 2.86. The maximum absolute atomic E-state index is 12.5. The summed E-state index contributed by atoms with van der Waals surface area (Å²) in [7, 11) is -3.61. The zero-order valence-electron chi connectivity index (χ0n) is 12.6. The molecule has 1 aromatic rings. The topological polar surface area (TPSA) is 92.4 Å². The number of nitrogens with two attached hydrogens (primary N) is 1. The van der Waals surface area contributed by atoms with Crippen LogP contribution in [0.25, 0.3) is 0 Å². The largest absolute Gasteiger partial charge is 0.398 e. The van der Waals surface area contributed by atoms with E-state index in [1.54, 1.807) is 6.07 Å². The molecule has 6 heteroatoms. The Morgan fingerprint density at radius 1 is 1.29 bits per heavy atom. The Kier molecular flexibility index (Phi) is 4.91. The highest BCUT2D eigenvalue weighted by Crippen LogP contribution is 2.27. The minimum Gasteiger partial charge on any atom is -0.398 e. The van der Waals surface area contributed by atoms with Crippen LogP contribution in [0.2, 0.25) is 0 Å². The molecule has 2 rings (SSSR count). The molecule has 0 saturated heterocycles. The summed E-state index contributed by atoms with van der Waals surface area (Å²) in [6.07, 6.45) is 3.66. The standard InChI is InChI=1S/C15H24N2O3S/c1-10-7-13(8-14(16)11(10)2)21(19,20)17-15-6-4-3-5-12(15)9-18/h7-8,12,15,17-18H,3-6,9,16H2,1-2H3. The lowest BCUT2D eigenvalue weighted by Crippen LogP contribution is -2.43. The van der Waals surface area contributed by atoms with Crippen LogP contribution in [-0.4, -0.2) is 26.2 Å². The van der Waals surface area contributed by atoms with Gasteiger partial charge >= 0.3 is 0 Å². The van der Waals surface area contributed by atoms with E-state index in [1.807, 2.05) is 13.8 Å². The number of hydrogen-bond acceptors (Lipinski definition) is 4. The first kappa shape index (κ1) is 16.3. The van der Waals surface area contributed by atoms with Crippen LogP contribution in [-0.2, 0) is 10.0 Å². The quantitative estimate of drug-likeness (QED) is 0.738. The fourth-order valence-corrected chi connectivity index (χ4v) is 4.32. The lowest BCUT2D eigenvalue weighted by Gasteiger charge is -2.30. The summed E-state index contributed by atoms with van der Waals surface area (Å²) in [5.74, 6) is -0.00239. The van der Waals surface area contributed by atoms with Crippen molar-refractivity contribution in [3.8, 4) is 0 Å². The number of anilines is 1. The smallest absolute Gasteiger partial charge is 0.240 e. The van der Waals surface area contributed by atoms with E-state index in [1.165, 1.54) is 6.07 Å². The average Bonchev–Trinajstić information content (AvgIpc) is 2.44. The normalized spacial score (nSPS) is 23.2. The lowest BCUT2D eigenvalue weighted by molar-refractivity contribution is 0.164. The third-order valence-electron chi connectivity index (χ3n) is 4.44. The summed E-state index contributed by atoms with van der Waals surface area (Å²) < 4.78 is 27.8. The molecule has 0 amide bonds. The molecular weight excluding hydrogens is 288 g/mol. The van der Waals surface area contributed by atoms with Gasteiger partial charge in [0.2, 0.25) is 10.0 Å². The van der Waals surface area contributed by atoms with E-state index in [0.717, 1.165) is 36.8 Å². The van der Waals surface area contributed by atoms with Gasteiger partial charge in [-0.3, -0.25) is 0 Å². The van der Waals surface area contributed by atoms with Crippen molar-refractivity contribution >= 4 is 15.7 Å². The van der Waals surface area contributed by atoms with Crippen molar-refractivity contribution in [2.45, 2.75) is 50.5 Å². The van der Waals surface area contributed by atoms with Gasteiger partial charge < -0.3 is 10.8 Å². The van der Waals surface area contributed by atoms with Crippen molar-refractivity contribution in [1.29, 1.82) is 0 Å². The second kappa shape index (κ2) is 6.34. The molecular formula is C15H24N2O3S. The average molecular weight is 312 g/mol. The van der Waals surface area contributed by atoms with E-state index < -0.39 is 10.0 Å². The summed E-state index contributed by atoms with van der Waals surface area (Å²) >= 11 is 0. The third kappa shape index (κ3) is 3.56. The lowest BCUT2D eigenvalue weighted by atomic mass is 9.86. The Morgan fingerprint density at radius 2 is 1.95 bits per heavy atom. The van der Waals surface area contributed by atoms with E-state index in [4.69, 9.17) is 5.73 Å². The molecule has 0 heterocycles. The highest BCUT2D eigenvalue weighted by molar-refractivity contribution is 7.89. The number of aliphatic hydroxyl groups is 1. The molecule has 0 radical (unpaired) electrons. The van der Waals surface area contributed by atoms with Gasteiger partial charge in [0.15, 0.2) is 0 Å². The number of aliphatic hydroxyl groups excluding tert-OH is 1. The van der Waals surface area contributed by atoms with Crippen LogP contribution in [0, 0.1) is 19.8 Å². The molecule has 118 valence electrons. The van der Waals surface area contributed by atoms with Crippen LogP contribution >= 0.6 is 0 Å². The van der Waals surface area contributed by atoms with Gasteiger partial charge in [-0.2, -0.15) is 0 Å². The van der Waals surface area contributed by atoms with Crippen molar-refractivity contribution in [3.63, 3.8) is 0 Å². The SMILES string of the molecule is Cc1cc(S(=O)(=O)NC2CCCCC2CO)cc(N)c1C. The number of rotatable bonds is 4. The van der Waals surface area contributed by atoms with Crippen LogP contribution in [0.4, 0.5) is 5.69 Å². The maximum Gasteiger partial charge on any atom is 0.240 e. The molecule has 1 aliphatic rings. The van der Waals surface area contributed by atoms with Gasteiger partial charge in [0.25, 0.3) is 0 Å². The molecule has 5 nitrogen and oxygen atoms in total. The van der Waals surface area contributed by atoms with E-state index in [9.17, 15) is 13.5 Å². The second-order valence-corrected chi connectivity index (χ2v) is 7.62. The third-order valence-corrected chi connectivity index (χ3v) is 5.91. The number of nitrogen functional groups attached to an aromatic ring is 1. The van der Waals surface area contributed by atoms with Crippen LogP contribution in [0.3, 0.4) is 0 Å². The van der Waals surface area contributed by atoms with Crippen molar-refractivity contribution in [2.24, 2.45) is 5.92 Å². The highest BCUT2D eigenvalue weighted by atomic mass is 32.2. The second-order valence-electron chi connectivity index (χ2n) is 5.91. The molecule has 2 unspecified atom stereocenters. The van der Waals surface area contributed by atoms with E-state index in [2.05, 4.69) is 4.72 Å². The van der Waals surface area contributed by atoms with E-state index in [-0.39, 0.29) is 23.5 Å². The monoisotopic (exact) mass is 312 g/mol. The first-order valence-corrected chi connectivity index (χ1v) is 8.83. The van der Waals surface area contributed by atoms with Gasteiger partial charge in [0.05, 0.1) is 4.90 Å². The molecule has 0 aliphatic heterocycles. The summed E-state index contributed by atoms with van der Waals surface area (Å²) in [6, 6.07) is 2.95. The number of hydrogen-bond donors (Lipinski definition) is 3. The molecule has 0 aromatic heterocycles. The molecule has 1 saturated carbocycles. The van der Waals surface area contributed by atoms with Crippen LogP contribution < -0.4 is 10.5 Å². The van der Waals surface area contributed by atoms with Crippen LogP contribution in [0.1, 0.15) is 36.8 Å². The Balaban J connectivity index is 2.26. The number of nitrogens with one attached hydrogen (secondary N) is 1. The summed E-state index contributed by atoms with van der Waals surface area (Å²) in [6.45, 7) is 3.74. The predicted octanol–water partition coefficient (Wildman–Crippen LogP) is 1.72. The van der Waals surface area contributed by atoms with Gasteiger partial charge in [-0.1, -0.05) is 12.8 Å². The molecule has 2 atom stereocenters. The molecule has 0 bridgehead atoms. The van der Waals surface area contributed by atoms with Crippen LogP contribution in [0.5, 0.6) is 0 Å². The first-order valence-electron chi connectivity index (χ1n) is 7.35. The number of benzene rings is 1. The van der Waals surface area contributed by atoms with Crippen molar-refractivity contribution in [2.75, 3.05) is 12.3 Å². The summed E-state index contributed by atoms with van der Waals surface area (Å²) in [5, 5.41) is 9.40. The maximum atomic E-state index is 12.5. The summed E-state index contributed by atoms with van der Waals surface area (Å²) in [5.41, 5.74) is 8.12. The van der Waals surface area contributed by atoms with Crippen LogP contribution in [0.15, 0.2) is 17.0 Å². The van der Waals surface area contributed by atoms with Crippen molar-refractivity contribution in [3.05, 3.63) is 23.3 Å². The fraction of sp³-hybridized carbons (Fsp3) is 0.600. The number of sulfonamides is 1.